The second-order valence-electron chi connectivity index (χ2n) is 10.5. The number of carbonyl (C=O) groups is 1. The van der Waals surface area contributed by atoms with Gasteiger partial charge in [0.25, 0.3) is 0 Å². The molecule has 7 rings (SSSR count). The highest BCUT2D eigenvalue weighted by Crippen LogP contribution is 2.45. The Morgan fingerprint density at radius 2 is 1.68 bits per heavy atom. The number of hydrogen-bond acceptors (Lipinski definition) is 5. The summed E-state index contributed by atoms with van der Waals surface area (Å²) < 4.78 is 13.6. The van der Waals surface area contributed by atoms with Gasteiger partial charge in [0.2, 0.25) is 0 Å². The number of amides is 1. The molecule has 7 heteroatoms. The van der Waals surface area contributed by atoms with Crippen LogP contribution in [0.25, 0.3) is 22.0 Å². The number of benzene rings is 3. The van der Waals surface area contributed by atoms with E-state index in [1.807, 2.05) is 65.3 Å². The molecule has 1 aromatic heterocycles. The number of piperidine rings is 1. The molecule has 4 aromatic rings. The van der Waals surface area contributed by atoms with Gasteiger partial charge in [0.1, 0.15) is 6.61 Å². The average Bonchev–Trinajstić information content (AvgIpc) is 3.44. The summed E-state index contributed by atoms with van der Waals surface area (Å²) in [7, 11) is 1.90. The van der Waals surface area contributed by atoms with Crippen molar-refractivity contribution in [3.8, 4) is 11.1 Å². The molecular formula is C30H29N3O4. The van der Waals surface area contributed by atoms with Crippen LogP contribution in [0.2, 0.25) is 0 Å². The topological polar surface area (TPSA) is 76.8 Å². The largest absolute Gasteiger partial charge is 0.448 e. The van der Waals surface area contributed by atoms with Gasteiger partial charge in [0, 0.05) is 31.2 Å². The number of fused-ring (bicyclic) bond motifs is 6. The zero-order chi connectivity index (χ0) is 25.1. The first-order valence-corrected chi connectivity index (χ1v) is 12.9. The minimum absolute atomic E-state index is 0.0137. The quantitative estimate of drug-likeness (QED) is 0.451. The third-order valence-electron chi connectivity index (χ3n) is 8.39. The first-order chi connectivity index (χ1) is 18.0. The van der Waals surface area contributed by atoms with Crippen molar-refractivity contribution in [3.05, 3.63) is 89.6 Å². The van der Waals surface area contributed by atoms with Crippen LogP contribution in [0.1, 0.15) is 35.4 Å². The van der Waals surface area contributed by atoms with Crippen LogP contribution >= 0.6 is 0 Å². The van der Waals surface area contributed by atoms with Gasteiger partial charge in [-0.15, -0.1) is 0 Å². The van der Waals surface area contributed by atoms with E-state index in [-0.39, 0.29) is 30.7 Å². The van der Waals surface area contributed by atoms with Gasteiger partial charge < -0.3 is 14.6 Å². The molecule has 37 heavy (non-hydrogen) atoms. The van der Waals surface area contributed by atoms with Crippen LogP contribution < -0.4 is 0 Å². The highest BCUT2D eigenvalue weighted by atomic mass is 16.6. The smallest absolute Gasteiger partial charge is 0.410 e. The fourth-order valence-corrected chi connectivity index (χ4v) is 6.61. The number of aryl methyl sites for hydroxylation is 1. The Labute approximate surface area is 215 Å². The SMILES string of the molecule is Cn1ncc2ccc(C3(O)CC4COCC(C3)N4C(=O)OCC3c4ccccc4-c4ccccc43)cc21. The number of morpholine rings is 1. The molecule has 7 nitrogen and oxygen atoms in total. The number of rotatable bonds is 3. The van der Waals surface area contributed by atoms with Crippen LogP contribution in [0, 0.1) is 0 Å². The Hall–Kier alpha value is -3.68. The minimum atomic E-state index is -1.04. The predicted octanol–water partition coefficient (Wildman–Crippen LogP) is 4.57. The molecule has 1 aliphatic carbocycles. The lowest BCUT2D eigenvalue weighted by Gasteiger charge is -2.51. The molecule has 2 bridgehead atoms. The second-order valence-corrected chi connectivity index (χ2v) is 10.5. The van der Waals surface area contributed by atoms with Crippen LogP contribution in [0.15, 0.2) is 72.9 Å². The maximum atomic E-state index is 13.5. The lowest BCUT2D eigenvalue weighted by Crippen LogP contribution is -2.62. The lowest BCUT2D eigenvalue weighted by atomic mass is 9.77. The van der Waals surface area contributed by atoms with Crippen molar-refractivity contribution in [2.24, 2.45) is 7.05 Å². The van der Waals surface area contributed by atoms with Gasteiger partial charge in [-0.2, -0.15) is 5.10 Å². The van der Waals surface area contributed by atoms with Crippen LogP contribution in [-0.2, 0) is 22.1 Å². The summed E-state index contributed by atoms with van der Waals surface area (Å²) in [6.07, 6.45) is 2.30. The summed E-state index contributed by atoms with van der Waals surface area (Å²) in [5, 5.41) is 17.2. The van der Waals surface area contributed by atoms with E-state index < -0.39 is 5.60 Å². The van der Waals surface area contributed by atoms with Crippen molar-refractivity contribution in [1.29, 1.82) is 0 Å². The molecule has 2 fully saturated rings. The summed E-state index contributed by atoms with van der Waals surface area (Å²) in [4.78, 5) is 15.3. The Morgan fingerprint density at radius 1 is 1.03 bits per heavy atom. The minimum Gasteiger partial charge on any atom is -0.448 e. The first kappa shape index (κ1) is 22.5. The molecule has 0 saturated carbocycles. The molecule has 2 aliphatic heterocycles. The number of carbonyl (C=O) groups excluding carboxylic acids is 1. The van der Waals surface area contributed by atoms with Gasteiger partial charge in [-0.1, -0.05) is 60.7 Å². The molecule has 3 heterocycles. The monoisotopic (exact) mass is 495 g/mol. The van der Waals surface area contributed by atoms with Crippen LogP contribution in [0.4, 0.5) is 4.79 Å². The molecule has 1 amide bonds. The summed E-state index contributed by atoms with van der Waals surface area (Å²) in [6, 6.07) is 22.2. The molecule has 2 saturated heterocycles. The zero-order valence-electron chi connectivity index (χ0n) is 20.7. The van der Waals surface area contributed by atoms with E-state index in [1.54, 1.807) is 0 Å². The maximum absolute atomic E-state index is 13.5. The molecule has 3 aliphatic rings. The summed E-state index contributed by atoms with van der Waals surface area (Å²) in [5.74, 6) is 0.0137. The Morgan fingerprint density at radius 3 is 2.35 bits per heavy atom. The highest BCUT2D eigenvalue weighted by Gasteiger charge is 2.49. The van der Waals surface area contributed by atoms with Crippen molar-refractivity contribution >= 4 is 17.0 Å². The van der Waals surface area contributed by atoms with Gasteiger partial charge in [-0.05, 0) is 33.9 Å². The van der Waals surface area contributed by atoms with Crippen LogP contribution in [-0.4, -0.2) is 57.8 Å². The van der Waals surface area contributed by atoms with E-state index in [1.165, 1.54) is 22.3 Å². The number of aliphatic hydroxyl groups is 1. The number of hydrogen-bond donors (Lipinski definition) is 1. The van der Waals surface area contributed by atoms with Crippen molar-refractivity contribution in [3.63, 3.8) is 0 Å². The van der Waals surface area contributed by atoms with Gasteiger partial charge in [-0.25, -0.2) is 4.79 Å². The molecule has 0 radical (unpaired) electrons. The summed E-state index contributed by atoms with van der Waals surface area (Å²) in [5.41, 5.74) is 5.59. The van der Waals surface area contributed by atoms with Crippen molar-refractivity contribution in [2.75, 3.05) is 19.8 Å². The van der Waals surface area contributed by atoms with Crippen molar-refractivity contribution < 1.29 is 19.4 Å². The predicted molar refractivity (Wildman–Crippen MR) is 139 cm³/mol. The van der Waals surface area contributed by atoms with Gasteiger partial charge in [0.05, 0.1) is 42.6 Å². The van der Waals surface area contributed by atoms with Crippen molar-refractivity contribution in [1.82, 2.24) is 14.7 Å². The fraction of sp³-hybridized carbons (Fsp3) is 0.333. The number of ether oxygens (including phenoxy) is 2. The van der Waals surface area contributed by atoms with E-state index >= 15 is 0 Å². The van der Waals surface area contributed by atoms with Gasteiger partial charge >= 0.3 is 6.09 Å². The van der Waals surface area contributed by atoms with Crippen LogP contribution in [0.3, 0.4) is 0 Å². The number of aromatic nitrogens is 2. The first-order valence-electron chi connectivity index (χ1n) is 12.9. The standard InChI is InChI=1S/C30H29N3O4/c1-32-28-12-20(11-10-19(28)15-31-32)30(35)13-21-16-36-17-22(14-30)33(21)29(34)37-18-27-25-8-4-2-6-23(25)24-7-3-5-9-26(24)27/h2-12,15,21-22,27,35H,13-14,16-18H2,1H3. The Kier molecular flexibility index (Phi) is 5.13. The summed E-state index contributed by atoms with van der Waals surface area (Å²) in [6.45, 7) is 1.05. The van der Waals surface area contributed by atoms with E-state index in [4.69, 9.17) is 9.47 Å². The maximum Gasteiger partial charge on any atom is 0.410 e. The Bertz CT molecular complexity index is 1450. The summed E-state index contributed by atoms with van der Waals surface area (Å²) >= 11 is 0. The van der Waals surface area contributed by atoms with Gasteiger partial charge in [0.15, 0.2) is 0 Å². The zero-order valence-corrected chi connectivity index (χ0v) is 20.7. The molecule has 1 N–H and O–H groups in total. The molecule has 0 spiro atoms. The van der Waals surface area contributed by atoms with E-state index in [0.717, 1.165) is 16.5 Å². The van der Waals surface area contributed by atoms with E-state index in [0.29, 0.717) is 26.1 Å². The molecule has 2 atom stereocenters. The van der Waals surface area contributed by atoms with Gasteiger partial charge in [-0.3, -0.25) is 9.58 Å². The third kappa shape index (κ3) is 3.56. The van der Waals surface area contributed by atoms with E-state index in [9.17, 15) is 9.90 Å². The van der Waals surface area contributed by atoms with Crippen molar-refractivity contribution in [2.45, 2.75) is 36.4 Å². The molecule has 3 aromatic carbocycles. The second kappa shape index (κ2) is 8.43. The average molecular weight is 496 g/mol. The van der Waals surface area contributed by atoms with Crippen LogP contribution in [0.5, 0.6) is 0 Å². The van der Waals surface area contributed by atoms with E-state index in [2.05, 4.69) is 29.4 Å². The molecule has 2 unspecified atom stereocenters. The highest BCUT2D eigenvalue weighted by molar-refractivity contribution is 5.80. The fourth-order valence-electron chi connectivity index (χ4n) is 6.61. The molecule has 188 valence electrons. The molecular weight excluding hydrogens is 466 g/mol. The lowest BCUT2D eigenvalue weighted by molar-refractivity contribution is -0.136. The number of nitrogens with zero attached hydrogens (tertiary/aromatic N) is 3. The third-order valence-corrected chi connectivity index (χ3v) is 8.39. The normalized spacial score (nSPS) is 24.6. The Balaban J connectivity index is 1.11.